The van der Waals surface area contributed by atoms with Crippen molar-refractivity contribution in [2.45, 2.75) is 43.4 Å². The number of benzene rings is 2. The maximum atomic E-state index is 13.5. The van der Waals surface area contributed by atoms with Gasteiger partial charge in [0.1, 0.15) is 0 Å². The highest BCUT2D eigenvalue weighted by Gasteiger charge is 2.31. The number of carbonyl (C=O) groups is 1. The predicted molar refractivity (Wildman–Crippen MR) is 127 cm³/mol. The van der Waals surface area contributed by atoms with E-state index in [0.717, 1.165) is 41.8 Å². The normalized spacial score (nSPS) is 20.2. The molecule has 5 rings (SSSR count). The summed E-state index contributed by atoms with van der Waals surface area (Å²) in [6.45, 7) is 4.27. The molecule has 1 amide bonds. The molecule has 0 aliphatic carbocycles. The highest BCUT2D eigenvalue weighted by atomic mass is 32.2. The molecule has 0 saturated carbocycles. The number of sulfonamides is 1. The van der Waals surface area contributed by atoms with E-state index in [-0.39, 0.29) is 16.7 Å². The van der Waals surface area contributed by atoms with Gasteiger partial charge in [0.25, 0.3) is 5.91 Å². The first-order chi connectivity index (χ1) is 15.4. The minimum atomic E-state index is -3.56. The van der Waals surface area contributed by atoms with Crippen LogP contribution in [0.2, 0.25) is 0 Å². The molecule has 1 atom stereocenters. The molecule has 0 N–H and O–H groups in total. The molecule has 3 heterocycles. The molecule has 32 heavy (non-hydrogen) atoms. The van der Waals surface area contributed by atoms with Gasteiger partial charge in [-0.25, -0.2) is 13.4 Å². The smallest absolute Gasteiger partial charge is 0.254 e. The number of aromatic nitrogens is 1. The Kier molecular flexibility index (Phi) is 5.77. The molecule has 6 nitrogen and oxygen atoms in total. The van der Waals surface area contributed by atoms with E-state index in [4.69, 9.17) is 4.98 Å². The average Bonchev–Trinajstić information content (AvgIpc) is 3.49. The molecule has 2 fully saturated rings. The fourth-order valence-electron chi connectivity index (χ4n) is 4.67. The second-order valence-electron chi connectivity index (χ2n) is 8.70. The van der Waals surface area contributed by atoms with Crippen molar-refractivity contribution in [3.05, 3.63) is 58.6 Å². The monoisotopic (exact) mass is 469 g/mol. The standard InChI is InChI=1S/C24H27N3O3S2/c1-17-10-11-19(32(29,30)27-13-4-5-14-27)15-20(17)24(28)26-12-6-7-18(16-26)23-25-21-8-2-3-9-22(21)31-23/h2-3,8-11,15,18H,4-7,12-14,16H2,1H3/t18-/m0/s1. The van der Waals surface area contributed by atoms with Crippen molar-refractivity contribution >= 4 is 37.5 Å². The minimum Gasteiger partial charge on any atom is -0.338 e. The minimum absolute atomic E-state index is 0.0909. The van der Waals surface area contributed by atoms with Crippen molar-refractivity contribution in [2.75, 3.05) is 26.2 Å². The van der Waals surface area contributed by atoms with Gasteiger partial charge in [0.05, 0.1) is 20.1 Å². The summed E-state index contributed by atoms with van der Waals surface area (Å²) in [5.41, 5.74) is 2.29. The Morgan fingerprint density at radius 1 is 1.06 bits per heavy atom. The Labute approximate surface area is 192 Å². The van der Waals surface area contributed by atoms with Gasteiger partial charge in [-0.3, -0.25) is 4.79 Å². The van der Waals surface area contributed by atoms with Crippen molar-refractivity contribution < 1.29 is 13.2 Å². The second-order valence-corrected chi connectivity index (χ2v) is 11.7. The summed E-state index contributed by atoms with van der Waals surface area (Å²) in [5, 5.41) is 1.07. The first-order valence-corrected chi connectivity index (χ1v) is 13.4. The predicted octanol–water partition coefficient (Wildman–Crippen LogP) is 4.41. The summed E-state index contributed by atoms with van der Waals surface area (Å²) >= 11 is 1.70. The van der Waals surface area contributed by atoms with E-state index >= 15 is 0 Å². The van der Waals surface area contributed by atoms with Crippen LogP contribution in [0.15, 0.2) is 47.4 Å². The van der Waals surface area contributed by atoms with Gasteiger partial charge in [-0.05, 0) is 62.4 Å². The van der Waals surface area contributed by atoms with Crippen LogP contribution in [-0.4, -0.2) is 54.7 Å². The fraction of sp³-hybridized carbons (Fsp3) is 0.417. The van der Waals surface area contributed by atoms with E-state index in [1.165, 1.54) is 9.01 Å². The molecule has 2 aliphatic heterocycles. The van der Waals surface area contributed by atoms with Gasteiger partial charge in [-0.2, -0.15) is 4.31 Å². The summed E-state index contributed by atoms with van der Waals surface area (Å²) in [4.78, 5) is 20.4. The molecule has 0 bridgehead atoms. The fourth-order valence-corrected chi connectivity index (χ4v) is 7.30. The molecule has 0 unspecified atom stereocenters. The molecular weight excluding hydrogens is 442 g/mol. The van der Waals surface area contributed by atoms with Gasteiger partial charge in [0, 0.05) is 37.7 Å². The molecule has 8 heteroatoms. The maximum Gasteiger partial charge on any atom is 0.254 e. The zero-order valence-corrected chi connectivity index (χ0v) is 19.8. The summed E-state index contributed by atoms with van der Waals surface area (Å²) < 4.78 is 28.7. The van der Waals surface area contributed by atoms with Gasteiger partial charge in [0.15, 0.2) is 0 Å². The zero-order valence-electron chi connectivity index (χ0n) is 18.2. The number of rotatable bonds is 4. The number of carbonyl (C=O) groups excluding carboxylic acids is 1. The lowest BCUT2D eigenvalue weighted by atomic mass is 9.97. The number of likely N-dealkylation sites (tertiary alicyclic amines) is 1. The Bertz CT molecular complexity index is 1230. The largest absolute Gasteiger partial charge is 0.338 e. The summed E-state index contributed by atoms with van der Waals surface area (Å²) in [6, 6.07) is 13.1. The quantitative estimate of drug-likeness (QED) is 0.568. The number of thiazole rings is 1. The topological polar surface area (TPSA) is 70.6 Å². The van der Waals surface area contributed by atoms with E-state index in [1.807, 2.05) is 30.0 Å². The van der Waals surface area contributed by atoms with Crippen LogP contribution in [0.3, 0.4) is 0 Å². The van der Waals surface area contributed by atoms with Gasteiger partial charge in [0.2, 0.25) is 10.0 Å². The van der Waals surface area contributed by atoms with E-state index in [9.17, 15) is 13.2 Å². The summed E-state index contributed by atoms with van der Waals surface area (Å²) in [7, 11) is -3.56. The van der Waals surface area contributed by atoms with Gasteiger partial charge in [-0.15, -0.1) is 11.3 Å². The zero-order chi connectivity index (χ0) is 22.3. The van der Waals surface area contributed by atoms with E-state index in [2.05, 4.69) is 6.07 Å². The van der Waals surface area contributed by atoms with Crippen molar-refractivity contribution in [3.8, 4) is 0 Å². The summed E-state index contributed by atoms with van der Waals surface area (Å²) in [6.07, 6.45) is 3.69. The molecule has 2 aromatic carbocycles. The number of aryl methyl sites for hydroxylation is 1. The highest BCUT2D eigenvalue weighted by Crippen LogP contribution is 2.34. The van der Waals surface area contributed by atoms with Crippen LogP contribution in [0.1, 0.15) is 52.5 Å². The lowest BCUT2D eigenvalue weighted by Crippen LogP contribution is -2.39. The van der Waals surface area contributed by atoms with Gasteiger partial charge in [-0.1, -0.05) is 18.2 Å². The van der Waals surface area contributed by atoms with Crippen molar-refractivity contribution in [1.29, 1.82) is 0 Å². The molecular formula is C24H27N3O3S2. The Balaban J connectivity index is 1.39. The van der Waals surface area contributed by atoms with Crippen LogP contribution in [0.4, 0.5) is 0 Å². The Morgan fingerprint density at radius 2 is 1.84 bits per heavy atom. The third-order valence-corrected chi connectivity index (χ3v) is 9.60. The molecule has 0 spiro atoms. The van der Waals surface area contributed by atoms with E-state index < -0.39 is 10.0 Å². The molecule has 168 valence electrons. The number of piperidine rings is 1. The Hall–Kier alpha value is -2.29. The number of hydrogen-bond donors (Lipinski definition) is 0. The maximum absolute atomic E-state index is 13.5. The van der Waals surface area contributed by atoms with Crippen molar-refractivity contribution in [2.24, 2.45) is 0 Å². The van der Waals surface area contributed by atoms with E-state index in [0.29, 0.717) is 31.7 Å². The third-order valence-electron chi connectivity index (χ3n) is 6.51. The molecule has 0 radical (unpaired) electrons. The number of fused-ring (bicyclic) bond motifs is 1. The molecule has 3 aromatic rings. The van der Waals surface area contributed by atoms with Gasteiger partial charge < -0.3 is 4.90 Å². The molecule has 1 aromatic heterocycles. The number of hydrogen-bond acceptors (Lipinski definition) is 5. The van der Waals surface area contributed by atoms with Crippen LogP contribution in [-0.2, 0) is 10.0 Å². The van der Waals surface area contributed by atoms with Crippen LogP contribution in [0.25, 0.3) is 10.2 Å². The summed E-state index contributed by atoms with van der Waals surface area (Å²) in [5.74, 6) is 0.119. The van der Waals surface area contributed by atoms with Gasteiger partial charge >= 0.3 is 0 Å². The Morgan fingerprint density at radius 3 is 2.62 bits per heavy atom. The van der Waals surface area contributed by atoms with Crippen LogP contribution in [0, 0.1) is 6.92 Å². The SMILES string of the molecule is Cc1ccc(S(=O)(=O)N2CCCC2)cc1C(=O)N1CCC[C@H](c2nc3ccccc3s2)C1. The van der Waals surface area contributed by atoms with Crippen molar-refractivity contribution in [3.63, 3.8) is 0 Å². The number of nitrogens with zero attached hydrogens (tertiary/aromatic N) is 3. The first kappa shape index (κ1) is 21.6. The first-order valence-electron chi connectivity index (χ1n) is 11.2. The van der Waals surface area contributed by atoms with E-state index in [1.54, 1.807) is 29.5 Å². The number of para-hydroxylation sites is 1. The second kappa shape index (κ2) is 8.57. The van der Waals surface area contributed by atoms with Crippen molar-refractivity contribution in [1.82, 2.24) is 14.2 Å². The average molecular weight is 470 g/mol. The molecule has 2 aliphatic rings. The van der Waals surface area contributed by atoms with Crippen LogP contribution >= 0.6 is 11.3 Å². The van der Waals surface area contributed by atoms with Crippen LogP contribution in [0.5, 0.6) is 0 Å². The lowest BCUT2D eigenvalue weighted by Gasteiger charge is -2.32. The molecule has 2 saturated heterocycles. The lowest BCUT2D eigenvalue weighted by molar-refractivity contribution is 0.0706. The number of amides is 1. The van der Waals surface area contributed by atoms with Crippen LogP contribution < -0.4 is 0 Å². The highest BCUT2D eigenvalue weighted by molar-refractivity contribution is 7.89. The third kappa shape index (κ3) is 3.95.